The van der Waals surface area contributed by atoms with Gasteiger partial charge >= 0.3 is 0 Å². The van der Waals surface area contributed by atoms with Gasteiger partial charge in [0.2, 0.25) is 0 Å². The zero-order valence-electron chi connectivity index (χ0n) is 15.3. The number of hydrogen-bond acceptors (Lipinski definition) is 6. The second-order valence-corrected chi connectivity index (χ2v) is 6.68. The van der Waals surface area contributed by atoms with E-state index in [1.165, 1.54) is 11.8 Å². The van der Waals surface area contributed by atoms with Crippen molar-refractivity contribution in [1.29, 1.82) is 0 Å². The first-order valence-corrected chi connectivity index (χ1v) is 9.05. The van der Waals surface area contributed by atoms with Crippen LogP contribution in [0.5, 0.6) is 17.2 Å². The van der Waals surface area contributed by atoms with Gasteiger partial charge < -0.3 is 19.5 Å². The molecule has 1 heterocycles. The number of thioether (sulfide) groups is 1. The minimum absolute atomic E-state index is 0.164. The molecule has 0 radical (unpaired) electrons. The third-order valence-corrected chi connectivity index (χ3v) is 4.87. The number of benzene rings is 2. The number of amides is 1. The first-order chi connectivity index (χ1) is 13.1. The van der Waals surface area contributed by atoms with Crippen LogP contribution >= 0.6 is 11.8 Å². The highest BCUT2D eigenvalue weighted by Gasteiger charge is 2.23. The molecule has 7 heteroatoms. The van der Waals surface area contributed by atoms with Crippen molar-refractivity contribution in [3.05, 3.63) is 58.5 Å². The molecule has 6 nitrogen and oxygen atoms in total. The van der Waals surface area contributed by atoms with Gasteiger partial charge in [-0.3, -0.25) is 9.79 Å². The topological polar surface area (TPSA) is 69.2 Å². The lowest BCUT2D eigenvalue weighted by Crippen LogP contribution is -2.19. The maximum absolute atomic E-state index is 12.2. The summed E-state index contributed by atoms with van der Waals surface area (Å²) in [5.41, 5.74) is 1.89. The number of nitrogens with zero attached hydrogens (tertiary/aromatic N) is 1. The molecular weight excluding hydrogens is 364 g/mol. The third kappa shape index (κ3) is 4.62. The van der Waals surface area contributed by atoms with Gasteiger partial charge in [0.15, 0.2) is 16.7 Å². The van der Waals surface area contributed by atoms with Crippen molar-refractivity contribution >= 4 is 28.9 Å². The highest BCUT2D eigenvalue weighted by molar-refractivity contribution is 8.18. The molecule has 0 spiro atoms. The van der Waals surface area contributed by atoms with Gasteiger partial charge in [-0.25, -0.2) is 0 Å². The van der Waals surface area contributed by atoms with E-state index in [1.54, 1.807) is 33.5 Å². The molecule has 0 unspecified atom stereocenters. The zero-order chi connectivity index (χ0) is 19.2. The van der Waals surface area contributed by atoms with Crippen LogP contribution in [0.3, 0.4) is 0 Å². The van der Waals surface area contributed by atoms with Crippen LogP contribution in [0.4, 0.5) is 0 Å². The molecule has 0 saturated carbocycles. The van der Waals surface area contributed by atoms with Crippen LogP contribution < -0.4 is 19.5 Å². The smallest absolute Gasteiger partial charge is 0.264 e. The number of ether oxygens (including phenoxy) is 3. The van der Waals surface area contributed by atoms with Gasteiger partial charge in [-0.15, -0.1) is 0 Å². The number of carbonyl (C=O) groups is 1. The van der Waals surface area contributed by atoms with E-state index in [0.29, 0.717) is 28.1 Å². The summed E-state index contributed by atoms with van der Waals surface area (Å²) in [6.07, 6.45) is 1.80. The van der Waals surface area contributed by atoms with Crippen LogP contribution in [0.2, 0.25) is 0 Å². The highest BCUT2D eigenvalue weighted by Crippen LogP contribution is 2.31. The molecule has 27 heavy (non-hydrogen) atoms. The van der Waals surface area contributed by atoms with Crippen LogP contribution in [-0.4, -0.2) is 32.4 Å². The van der Waals surface area contributed by atoms with Gasteiger partial charge in [0.25, 0.3) is 5.91 Å². The zero-order valence-corrected chi connectivity index (χ0v) is 16.1. The Hall–Kier alpha value is -2.93. The average molecular weight is 384 g/mol. The number of carbonyl (C=O) groups excluding carboxylic acids is 1. The van der Waals surface area contributed by atoms with Gasteiger partial charge in [0, 0.05) is 0 Å². The summed E-state index contributed by atoms with van der Waals surface area (Å²) >= 11 is 1.32. The molecule has 0 aliphatic carbocycles. The predicted molar refractivity (Wildman–Crippen MR) is 107 cm³/mol. The van der Waals surface area contributed by atoms with E-state index in [1.807, 2.05) is 36.4 Å². The second-order valence-electron chi connectivity index (χ2n) is 5.65. The summed E-state index contributed by atoms with van der Waals surface area (Å²) < 4.78 is 15.7. The Kier molecular flexibility index (Phi) is 6.03. The Balaban J connectivity index is 1.71. The minimum atomic E-state index is -0.164. The van der Waals surface area contributed by atoms with Crippen LogP contribution in [0.1, 0.15) is 11.1 Å². The van der Waals surface area contributed by atoms with Crippen molar-refractivity contribution in [2.75, 3.05) is 21.3 Å². The lowest BCUT2D eigenvalue weighted by atomic mass is 10.2. The SMILES string of the molecule is COc1ccc(CN=C2NC(=O)/C(=C/c3ccc(OC)c(OC)c3)S2)cc1. The summed E-state index contributed by atoms with van der Waals surface area (Å²) in [7, 11) is 4.80. The second kappa shape index (κ2) is 8.64. The van der Waals surface area contributed by atoms with Crippen LogP contribution in [0.15, 0.2) is 52.4 Å². The fourth-order valence-electron chi connectivity index (χ4n) is 2.49. The number of rotatable bonds is 6. The maximum atomic E-state index is 12.2. The van der Waals surface area contributed by atoms with E-state index in [2.05, 4.69) is 10.3 Å². The maximum Gasteiger partial charge on any atom is 0.264 e. The summed E-state index contributed by atoms with van der Waals surface area (Å²) in [6.45, 7) is 0.482. The Morgan fingerprint density at radius 3 is 2.41 bits per heavy atom. The predicted octanol–water partition coefficient (Wildman–Crippen LogP) is 3.47. The van der Waals surface area contributed by atoms with E-state index in [-0.39, 0.29) is 5.91 Å². The van der Waals surface area contributed by atoms with E-state index in [0.717, 1.165) is 16.9 Å². The third-order valence-electron chi connectivity index (χ3n) is 3.92. The molecule has 1 saturated heterocycles. The number of methoxy groups -OCH3 is 3. The van der Waals surface area contributed by atoms with Gasteiger partial charge in [-0.1, -0.05) is 18.2 Å². The number of nitrogens with one attached hydrogen (secondary N) is 1. The van der Waals surface area contributed by atoms with Gasteiger partial charge in [0.1, 0.15) is 5.75 Å². The summed E-state index contributed by atoms with van der Waals surface area (Å²) in [4.78, 5) is 17.3. The standard InChI is InChI=1S/C20H20N2O4S/c1-24-15-7-4-13(5-8-15)12-21-20-22-19(23)18(27-20)11-14-6-9-16(25-2)17(10-14)26-3/h4-11H,12H2,1-3H3,(H,21,22,23)/b18-11-. The Bertz CT molecular complexity index is 891. The lowest BCUT2D eigenvalue weighted by Gasteiger charge is -2.07. The van der Waals surface area contributed by atoms with Crippen molar-refractivity contribution in [2.45, 2.75) is 6.54 Å². The molecule has 0 aromatic heterocycles. The molecular formula is C20H20N2O4S. The molecule has 1 amide bonds. The lowest BCUT2D eigenvalue weighted by molar-refractivity contribution is -0.115. The van der Waals surface area contributed by atoms with Crippen LogP contribution in [0.25, 0.3) is 6.08 Å². The Labute approximate surface area is 162 Å². The monoisotopic (exact) mass is 384 g/mol. The fourth-order valence-corrected chi connectivity index (χ4v) is 3.31. The quantitative estimate of drug-likeness (QED) is 0.773. The molecule has 2 aromatic carbocycles. The van der Waals surface area contributed by atoms with Crippen molar-refractivity contribution in [3.8, 4) is 17.2 Å². The van der Waals surface area contributed by atoms with E-state index >= 15 is 0 Å². The highest BCUT2D eigenvalue weighted by atomic mass is 32.2. The van der Waals surface area contributed by atoms with Crippen LogP contribution in [-0.2, 0) is 11.3 Å². The average Bonchev–Trinajstić information content (AvgIpc) is 3.06. The molecule has 3 rings (SSSR count). The molecule has 1 N–H and O–H groups in total. The minimum Gasteiger partial charge on any atom is -0.497 e. The molecule has 0 atom stereocenters. The molecule has 1 fully saturated rings. The van der Waals surface area contributed by atoms with Crippen molar-refractivity contribution in [2.24, 2.45) is 4.99 Å². The summed E-state index contributed by atoms with van der Waals surface area (Å²) in [6, 6.07) is 13.2. The molecule has 0 bridgehead atoms. The first-order valence-electron chi connectivity index (χ1n) is 8.23. The van der Waals surface area contributed by atoms with Crippen molar-refractivity contribution in [3.63, 3.8) is 0 Å². The molecule has 2 aromatic rings. The van der Waals surface area contributed by atoms with Crippen LogP contribution in [0, 0.1) is 0 Å². The summed E-state index contributed by atoms with van der Waals surface area (Å²) in [5, 5.41) is 3.38. The number of aliphatic imine (C=N–C) groups is 1. The normalized spacial score (nSPS) is 16.5. The number of hydrogen-bond donors (Lipinski definition) is 1. The largest absolute Gasteiger partial charge is 0.497 e. The Morgan fingerprint density at radius 2 is 1.74 bits per heavy atom. The summed E-state index contributed by atoms with van der Waals surface area (Å²) in [5.74, 6) is 1.90. The van der Waals surface area contributed by atoms with E-state index < -0.39 is 0 Å². The Morgan fingerprint density at radius 1 is 1.00 bits per heavy atom. The fraction of sp³-hybridized carbons (Fsp3) is 0.200. The van der Waals surface area contributed by atoms with E-state index in [4.69, 9.17) is 14.2 Å². The van der Waals surface area contributed by atoms with Gasteiger partial charge in [-0.05, 0) is 53.2 Å². The van der Waals surface area contributed by atoms with Gasteiger partial charge in [0.05, 0.1) is 32.8 Å². The molecule has 140 valence electrons. The van der Waals surface area contributed by atoms with Crippen molar-refractivity contribution in [1.82, 2.24) is 5.32 Å². The van der Waals surface area contributed by atoms with E-state index in [9.17, 15) is 4.79 Å². The molecule has 1 aliphatic rings. The van der Waals surface area contributed by atoms with Gasteiger partial charge in [-0.2, -0.15) is 0 Å². The number of amidine groups is 1. The first kappa shape index (κ1) is 18.8. The molecule has 1 aliphatic heterocycles. The van der Waals surface area contributed by atoms with Crippen molar-refractivity contribution < 1.29 is 19.0 Å².